The Bertz CT molecular complexity index is 499. The second kappa shape index (κ2) is 3.64. The van der Waals surface area contributed by atoms with Crippen molar-refractivity contribution < 1.29 is 9.15 Å². The molecule has 1 heterocycles. The van der Waals surface area contributed by atoms with Crippen LogP contribution in [0.25, 0.3) is 10.8 Å². The van der Waals surface area contributed by atoms with E-state index in [1.807, 2.05) is 24.3 Å². The lowest BCUT2D eigenvalue weighted by atomic mass is 10.2. The van der Waals surface area contributed by atoms with Crippen molar-refractivity contribution >= 4 is 10.8 Å². The van der Waals surface area contributed by atoms with Crippen molar-refractivity contribution in [3.63, 3.8) is 0 Å². The predicted molar refractivity (Wildman–Crippen MR) is 53.2 cm³/mol. The molecule has 0 spiro atoms. The molecule has 0 amide bonds. The van der Waals surface area contributed by atoms with E-state index in [1.54, 1.807) is 13.2 Å². The lowest BCUT2D eigenvalue weighted by Gasteiger charge is -2.00. The van der Waals surface area contributed by atoms with E-state index in [4.69, 9.17) is 9.15 Å². The van der Waals surface area contributed by atoms with Gasteiger partial charge in [0.2, 0.25) is 0 Å². The molecule has 0 aliphatic carbocycles. The molecule has 0 saturated carbocycles. The number of rotatable bonds is 2. The standard InChI is InChI=1S/C11H10O3/c1-13-7-9-6-8-4-2-3-5-10(8)11(12)14-9/h2-6H,7H2,1H3. The minimum Gasteiger partial charge on any atom is -0.425 e. The topological polar surface area (TPSA) is 39.4 Å². The van der Waals surface area contributed by atoms with Gasteiger partial charge in [-0.15, -0.1) is 0 Å². The van der Waals surface area contributed by atoms with E-state index in [0.29, 0.717) is 17.8 Å². The highest BCUT2D eigenvalue weighted by Gasteiger charge is 2.02. The molecule has 14 heavy (non-hydrogen) atoms. The molecular weight excluding hydrogens is 180 g/mol. The van der Waals surface area contributed by atoms with Crippen molar-refractivity contribution in [1.29, 1.82) is 0 Å². The van der Waals surface area contributed by atoms with E-state index in [2.05, 4.69) is 0 Å². The van der Waals surface area contributed by atoms with E-state index in [-0.39, 0.29) is 5.63 Å². The zero-order chi connectivity index (χ0) is 9.97. The number of hydrogen-bond donors (Lipinski definition) is 0. The number of benzene rings is 1. The SMILES string of the molecule is COCc1cc2ccccc2c(=O)o1. The summed E-state index contributed by atoms with van der Waals surface area (Å²) in [6, 6.07) is 9.15. The third-order valence-corrected chi connectivity index (χ3v) is 2.01. The summed E-state index contributed by atoms with van der Waals surface area (Å²) < 4.78 is 9.95. The number of methoxy groups -OCH3 is 1. The van der Waals surface area contributed by atoms with Crippen LogP contribution in [0.15, 0.2) is 39.5 Å². The van der Waals surface area contributed by atoms with Gasteiger partial charge in [0, 0.05) is 7.11 Å². The molecular formula is C11H10O3. The van der Waals surface area contributed by atoms with E-state index < -0.39 is 0 Å². The van der Waals surface area contributed by atoms with Crippen LogP contribution < -0.4 is 5.63 Å². The predicted octanol–water partition coefficient (Wildman–Crippen LogP) is 1.94. The van der Waals surface area contributed by atoms with Crippen molar-refractivity contribution in [2.45, 2.75) is 6.61 Å². The minimum absolute atomic E-state index is 0.310. The van der Waals surface area contributed by atoms with E-state index in [9.17, 15) is 4.79 Å². The molecule has 0 atom stereocenters. The second-order valence-corrected chi connectivity index (χ2v) is 3.02. The number of ether oxygens (including phenoxy) is 1. The van der Waals surface area contributed by atoms with Crippen LogP contribution in [0.2, 0.25) is 0 Å². The molecule has 3 nitrogen and oxygen atoms in total. The Morgan fingerprint density at radius 3 is 2.93 bits per heavy atom. The molecule has 0 aliphatic heterocycles. The maximum absolute atomic E-state index is 11.5. The molecule has 0 bridgehead atoms. The zero-order valence-electron chi connectivity index (χ0n) is 7.82. The lowest BCUT2D eigenvalue weighted by Crippen LogP contribution is -2.02. The summed E-state index contributed by atoms with van der Waals surface area (Å²) in [5, 5.41) is 1.49. The van der Waals surface area contributed by atoms with Crippen LogP contribution in [0.4, 0.5) is 0 Å². The largest absolute Gasteiger partial charge is 0.425 e. The van der Waals surface area contributed by atoms with Crippen molar-refractivity contribution in [3.05, 3.63) is 46.5 Å². The van der Waals surface area contributed by atoms with Crippen LogP contribution in [0.1, 0.15) is 5.76 Å². The highest BCUT2D eigenvalue weighted by atomic mass is 16.5. The molecule has 72 valence electrons. The van der Waals surface area contributed by atoms with Crippen LogP contribution in [0.5, 0.6) is 0 Å². The van der Waals surface area contributed by atoms with Gasteiger partial charge in [-0.1, -0.05) is 18.2 Å². The summed E-state index contributed by atoms with van der Waals surface area (Å²) in [5.74, 6) is 0.552. The zero-order valence-corrected chi connectivity index (χ0v) is 7.82. The fourth-order valence-corrected chi connectivity index (χ4v) is 1.40. The molecule has 0 N–H and O–H groups in total. The van der Waals surface area contributed by atoms with Gasteiger partial charge in [0.1, 0.15) is 12.4 Å². The summed E-state index contributed by atoms with van der Waals surface area (Å²) in [4.78, 5) is 11.5. The molecule has 0 fully saturated rings. The summed E-state index contributed by atoms with van der Waals surface area (Å²) >= 11 is 0. The van der Waals surface area contributed by atoms with Gasteiger partial charge in [0.15, 0.2) is 0 Å². The maximum Gasteiger partial charge on any atom is 0.343 e. The Kier molecular flexibility index (Phi) is 2.33. The van der Waals surface area contributed by atoms with Crippen LogP contribution in [0.3, 0.4) is 0 Å². The summed E-state index contributed by atoms with van der Waals surface area (Å²) in [6.45, 7) is 0.320. The maximum atomic E-state index is 11.5. The smallest absolute Gasteiger partial charge is 0.343 e. The van der Waals surface area contributed by atoms with Gasteiger partial charge in [-0.3, -0.25) is 0 Å². The Hall–Kier alpha value is -1.61. The average molecular weight is 190 g/mol. The van der Waals surface area contributed by atoms with Gasteiger partial charge in [-0.2, -0.15) is 0 Å². The fourth-order valence-electron chi connectivity index (χ4n) is 1.40. The highest BCUT2D eigenvalue weighted by molar-refractivity contribution is 5.81. The first-order valence-corrected chi connectivity index (χ1v) is 4.32. The number of fused-ring (bicyclic) bond motifs is 1. The molecule has 0 radical (unpaired) electrons. The molecule has 2 aromatic rings. The molecule has 2 rings (SSSR count). The first-order valence-electron chi connectivity index (χ1n) is 4.32. The molecule has 3 heteroatoms. The van der Waals surface area contributed by atoms with Crippen molar-refractivity contribution in [2.24, 2.45) is 0 Å². The third-order valence-electron chi connectivity index (χ3n) is 2.01. The van der Waals surface area contributed by atoms with Crippen LogP contribution in [0, 0.1) is 0 Å². The number of hydrogen-bond acceptors (Lipinski definition) is 3. The summed E-state index contributed by atoms with van der Waals surface area (Å²) in [5.41, 5.74) is -0.310. The second-order valence-electron chi connectivity index (χ2n) is 3.02. The van der Waals surface area contributed by atoms with Crippen molar-refractivity contribution in [2.75, 3.05) is 7.11 Å². The Labute approximate surface area is 80.9 Å². The van der Waals surface area contributed by atoms with Gasteiger partial charge in [0.05, 0.1) is 5.39 Å². The Morgan fingerprint density at radius 2 is 2.14 bits per heavy atom. The Balaban J connectivity index is 2.66. The van der Waals surface area contributed by atoms with Gasteiger partial charge >= 0.3 is 5.63 Å². The van der Waals surface area contributed by atoms with E-state index in [1.165, 1.54) is 0 Å². The molecule has 0 aliphatic rings. The lowest BCUT2D eigenvalue weighted by molar-refractivity contribution is 0.161. The van der Waals surface area contributed by atoms with Crippen molar-refractivity contribution in [1.82, 2.24) is 0 Å². The molecule has 0 unspecified atom stereocenters. The van der Waals surface area contributed by atoms with Crippen LogP contribution in [-0.4, -0.2) is 7.11 Å². The first kappa shape index (κ1) is 8.97. The highest BCUT2D eigenvalue weighted by Crippen LogP contribution is 2.11. The summed E-state index contributed by atoms with van der Waals surface area (Å²) in [6.07, 6.45) is 0. The normalized spacial score (nSPS) is 10.6. The quantitative estimate of drug-likeness (QED) is 0.726. The van der Waals surface area contributed by atoms with Crippen molar-refractivity contribution in [3.8, 4) is 0 Å². The molecule has 1 aromatic heterocycles. The Morgan fingerprint density at radius 1 is 1.36 bits per heavy atom. The van der Waals surface area contributed by atoms with Crippen LogP contribution >= 0.6 is 0 Å². The molecule has 1 aromatic carbocycles. The van der Waals surface area contributed by atoms with Gasteiger partial charge in [-0.05, 0) is 17.5 Å². The van der Waals surface area contributed by atoms with E-state index in [0.717, 1.165) is 5.39 Å². The fraction of sp³-hybridized carbons (Fsp3) is 0.182. The average Bonchev–Trinajstić information content (AvgIpc) is 2.18. The summed E-state index contributed by atoms with van der Waals surface area (Å²) in [7, 11) is 1.56. The van der Waals surface area contributed by atoms with Gasteiger partial charge in [0.25, 0.3) is 0 Å². The minimum atomic E-state index is -0.310. The monoisotopic (exact) mass is 190 g/mol. The van der Waals surface area contributed by atoms with Gasteiger partial charge in [-0.25, -0.2) is 4.79 Å². The van der Waals surface area contributed by atoms with Gasteiger partial charge < -0.3 is 9.15 Å². The van der Waals surface area contributed by atoms with E-state index >= 15 is 0 Å². The first-order chi connectivity index (χ1) is 6.81. The molecule has 0 saturated heterocycles. The third kappa shape index (κ3) is 1.54. The van der Waals surface area contributed by atoms with Crippen LogP contribution in [-0.2, 0) is 11.3 Å².